The number of nitrogens with zero attached hydrogens (tertiary/aromatic N) is 1. The summed E-state index contributed by atoms with van der Waals surface area (Å²) in [6.07, 6.45) is 5.43. The average molecular weight is 268 g/mol. The van der Waals surface area contributed by atoms with Crippen molar-refractivity contribution in [2.24, 2.45) is 0 Å². The fraction of sp³-hybridized carbons (Fsp3) is 0.857. The summed E-state index contributed by atoms with van der Waals surface area (Å²) >= 11 is 0. The molecule has 1 aliphatic heterocycles. The predicted molar refractivity (Wildman–Crippen MR) is 71.6 cm³/mol. The molecule has 1 spiro atoms. The van der Waals surface area contributed by atoms with E-state index in [0.717, 1.165) is 38.5 Å². The van der Waals surface area contributed by atoms with Gasteiger partial charge >= 0.3 is 0 Å². The molecule has 0 bridgehead atoms. The Labute approximate surface area is 114 Å². The molecule has 108 valence electrons. The molecular weight excluding hydrogens is 244 g/mol. The first-order chi connectivity index (χ1) is 9.10. The fourth-order valence-corrected chi connectivity index (χ4v) is 3.13. The van der Waals surface area contributed by atoms with Crippen molar-refractivity contribution in [3.63, 3.8) is 0 Å². The molecule has 5 nitrogen and oxygen atoms in total. The van der Waals surface area contributed by atoms with Gasteiger partial charge in [-0.3, -0.25) is 9.59 Å². The molecule has 1 aliphatic carbocycles. The quantitative estimate of drug-likeness (QED) is 0.759. The highest BCUT2D eigenvalue weighted by molar-refractivity contribution is 5.99. The van der Waals surface area contributed by atoms with Crippen LogP contribution in [0, 0.1) is 0 Å². The Kier molecular flexibility index (Phi) is 4.45. The van der Waals surface area contributed by atoms with Gasteiger partial charge in [0.1, 0.15) is 11.6 Å². The van der Waals surface area contributed by atoms with Crippen molar-refractivity contribution in [2.75, 3.05) is 20.3 Å². The van der Waals surface area contributed by atoms with Crippen LogP contribution < -0.4 is 5.32 Å². The van der Waals surface area contributed by atoms with E-state index in [1.54, 1.807) is 12.0 Å². The molecule has 0 aromatic heterocycles. The zero-order valence-corrected chi connectivity index (χ0v) is 11.9. The molecule has 0 aromatic carbocycles. The number of rotatable bonds is 5. The molecule has 2 rings (SSSR count). The lowest BCUT2D eigenvalue weighted by Gasteiger charge is -2.43. The van der Waals surface area contributed by atoms with E-state index < -0.39 is 5.54 Å². The summed E-state index contributed by atoms with van der Waals surface area (Å²) in [5, 5.41) is 2.97. The zero-order chi connectivity index (χ0) is 13.9. The average Bonchev–Trinajstić information content (AvgIpc) is 2.85. The van der Waals surface area contributed by atoms with Gasteiger partial charge in [0, 0.05) is 20.3 Å². The molecule has 1 N–H and O–H groups in total. The lowest BCUT2D eigenvalue weighted by molar-refractivity contribution is -0.154. The van der Waals surface area contributed by atoms with Crippen LogP contribution in [0.2, 0.25) is 0 Å². The summed E-state index contributed by atoms with van der Waals surface area (Å²) in [5.74, 6) is 0.114. The highest BCUT2D eigenvalue weighted by Crippen LogP contribution is 2.34. The fourth-order valence-electron chi connectivity index (χ4n) is 3.13. The maximum atomic E-state index is 12.6. The van der Waals surface area contributed by atoms with Crippen molar-refractivity contribution < 1.29 is 14.3 Å². The minimum Gasteiger partial charge on any atom is -0.385 e. The van der Waals surface area contributed by atoms with E-state index >= 15 is 0 Å². The van der Waals surface area contributed by atoms with Gasteiger partial charge in [-0.1, -0.05) is 12.8 Å². The number of carbonyl (C=O) groups excluding carboxylic acids is 2. The molecule has 1 atom stereocenters. The van der Waals surface area contributed by atoms with Gasteiger partial charge in [0.05, 0.1) is 0 Å². The van der Waals surface area contributed by atoms with Gasteiger partial charge in [-0.2, -0.15) is 0 Å². The summed E-state index contributed by atoms with van der Waals surface area (Å²) in [6.45, 7) is 3.16. The number of unbranched alkanes of at least 4 members (excludes halogenated alkanes) is 1. The SMILES string of the molecule is COCCCCN1C(=O)C2(CCCC2)NC(=O)C1C. The van der Waals surface area contributed by atoms with Crippen molar-refractivity contribution in [2.45, 2.75) is 57.0 Å². The normalized spacial score (nSPS) is 26.0. The van der Waals surface area contributed by atoms with Crippen molar-refractivity contribution >= 4 is 11.8 Å². The lowest BCUT2D eigenvalue weighted by Crippen LogP contribution is -2.68. The topological polar surface area (TPSA) is 58.6 Å². The molecular formula is C14H24N2O3. The molecule has 0 aromatic rings. The standard InChI is InChI=1S/C14H24N2O3/c1-11-12(17)15-14(7-3-4-8-14)13(18)16(11)9-5-6-10-19-2/h11H,3-10H2,1-2H3,(H,15,17). The maximum Gasteiger partial charge on any atom is 0.248 e. The minimum absolute atomic E-state index is 0.00626. The van der Waals surface area contributed by atoms with Gasteiger partial charge < -0.3 is 15.0 Å². The number of carbonyl (C=O) groups is 2. The first-order valence-electron chi connectivity index (χ1n) is 7.23. The summed E-state index contributed by atoms with van der Waals surface area (Å²) in [5.41, 5.74) is -0.592. The van der Waals surface area contributed by atoms with Crippen LogP contribution >= 0.6 is 0 Å². The molecule has 2 amide bonds. The van der Waals surface area contributed by atoms with Crippen molar-refractivity contribution in [1.29, 1.82) is 0 Å². The third kappa shape index (κ3) is 2.76. The van der Waals surface area contributed by atoms with Gasteiger partial charge in [-0.15, -0.1) is 0 Å². The van der Waals surface area contributed by atoms with Gasteiger partial charge in [-0.25, -0.2) is 0 Å². The second kappa shape index (κ2) is 5.90. The lowest BCUT2D eigenvalue weighted by atomic mass is 9.91. The van der Waals surface area contributed by atoms with Gasteiger partial charge in [-0.05, 0) is 32.6 Å². The Morgan fingerprint density at radius 1 is 1.32 bits per heavy atom. The van der Waals surface area contributed by atoms with E-state index in [1.165, 1.54) is 0 Å². The van der Waals surface area contributed by atoms with E-state index in [-0.39, 0.29) is 17.9 Å². The number of nitrogens with one attached hydrogen (secondary N) is 1. The molecule has 1 heterocycles. The maximum absolute atomic E-state index is 12.6. The molecule has 2 aliphatic rings. The molecule has 5 heteroatoms. The Morgan fingerprint density at radius 2 is 2.00 bits per heavy atom. The van der Waals surface area contributed by atoms with Gasteiger partial charge in [0.15, 0.2) is 0 Å². The predicted octanol–water partition coefficient (Wildman–Crippen LogP) is 1.07. The third-order valence-electron chi connectivity index (χ3n) is 4.33. The van der Waals surface area contributed by atoms with Crippen LogP contribution in [0.4, 0.5) is 0 Å². The van der Waals surface area contributed by atoms with Crippen LogP contribution in [-0.4, -0.2) is 48.6 Å². The second-order valence-corrected chi connectivity index (χ2v) is 5.65. The highest BCUT2D eigenvalue weighted by Gasteiger charge is 2.50. The molecule has 2 fully saturated rings. The van der Waals surface area contributed by atoms with E-state index in [9.17, 15) is 9.59 Å². The van der Waals surface area contributed by atoms with Crippen LogP contribution in [0.25, 0.3) is 0 Å². The summed E-state index contributed by atoms with van der Waals surface area (Å²) in [7, 11) is 1.68. The van der Waals surface area contributed by atoms with E-state index in [4.69, 9.17) is 4.74 Å². The molecule has 0 radical (unpaired) electrons. The smallest absolute Gasteiger partial charge is 0.248 e. The third-order valence-corrected chi connectivity index (χ3v) is 4.33. The van der Waals surface area contributed by atoms with Gasteiger partial charge in [0.2, 0.25) is 11.8 Å². The van der Waals surface area contributed by atoms with Crippen molar-refractivity contribution in [1.82, 2.24) is 10.2 Å². The zero-order valence-electron chi connectivity index (χ0n) is 11.9. The second-order valence-electron chi connectivity index (χ2n) is 5.65. The minimum atomic E-state index is -0.592. The number of ether oxygens (including phenoxy) is 1. The van der Waals surface area contributed by atoms with Crippen LogP contribution in [0.3, 0.4) is 0 Å². The molecule has 19 heavy (non-hydrogen) atoms. The Hall–Kier alpha value is -1.10. The number of piperazine rings is 1. The first kappa shape index (κ1) is 14.3. The van der Waals surface area contributed by atoms with Crippen LogP contribution in [-0.2, 0) is 14.3 Å². The molecule has 1 saturated heterocycles. The number of methoxy groups -OCH3 is 1. The Balaban J connectivity index is 2.02. The number of hydrogen-bond donors (Lipinski definition) is 1. The largest absolute Gasteiger partial charge is 0.385 e. The monoisotopic (exact) mass is 268 g/mol. The highest BCUT2D eigenvalue weighted by atomic mass is 16.5. The Morgan fingerprint density at radius 3 is 2.63 bits per heavy atom. The van der Waals surface area contributed by atoms with E-state index in [1.807, 2.05) is 6.92 Å². The van der Waals surface area contributed by atoms with E-state index in [2.05, 4.69) is 5.32 Å². The van der Waals surface area contributed by atoms with Crippen LogP contribution in [0.5, 0.6) is 0 Å². The van der Waals surface area contributed by atoms with E-state index in [0.29, 0.717) is 13.2 Å². The first-order valence-corrected chi connectivity index (χ1v) is 7.23. The van der Waals surface area contributed by atoms with Crippen LogP contribution in [0.1, 0.15) is 45.4 Å². The number of amides is 2. The van der Waals surface area contributed by atoms with Crippen LogP contribution in [0.15, 0.2) is 0 Å². The molecule has 1 unspecified atom stereocenters. The Bertz CT molecular complexity index is 351. The summed E-state index contributed by atoms with van der Waals surface area (Å²) in [4.78, 5) is 26.5. The van der Waals surface area contributed by atoms with Crippen molar-refractivity contribution in [3.05, 3.63) is 0 Å². The number of hydrogen-bond acceptors (Lipinski definition) is 3. The van der Waals surface area contributed by atoms with Gasteiger partial charge in [0.25, 0.3) is 0 Å². The molecule has 1 saturated carbocycles. The van der Waals surface area contributed by atoms with Crippen molar-refractivity contribution in [3.8, 4) is 0 Å². The summed E-state index contributed by atoms with van der Waals surface area (Å²) in [6, 6.07) is -0.346. The summed E-state index contributed by atoms with van der Waals surface area (Å²) < 4.78 is 5.02.